The highest BCUT2D eigenvalue weighted by Crippen LogP contribution is 2.42. The van der Waals surface area contributed by atoms with Gasteiger partial charge in [0, 0.05) is 17.7 Å². The predicted octanol–water partition coefficient (Wildman–Crippen LogP) is 2.23. The van der Waals surface area contributed by atoms with Crippen LogP contribution >= 0.6 is 0 Å². The largest absolute Gasteiger partial charge is 0.269 e. The number of nitro benzene ring substituents is 1. The third kappa shape index (κ3) is 2.51. The van der Waals surface area contributed by atoms with Gasteiger partial charge in [-0.2, -0.15) is 0 Å². The summed E-state index contributed by atoms with van der Waals surface area (Å²) in [4.78, 5) is 15.3. The lowest BCUT2D eigenvalue weighted by Gasteiger charge is -2.01. The number of hydrogen-bond donors (Lipinski definition) is 0. The SMILES string of the molecule is O=[N+]([O-])c1ccc([C@H]2ON2S(=O)(=O)c2ccccc2)cc1. The number of nitrogens with zero attached hydrogens (tertiary/aromatic N) is 2. The van der Waals surface area contributed by atoms with Gasteiger partial charge in [0.15, 0.2) is 6.23 Å². The van der Waals surface area contributed by atoms with E-state index in [9.17, 15) is 18.5 Å². The van der Waals surface area contributed by atoms with Crippen LogP contribution in [0, 0.1) is 10.1 Å². The number of hydroxylamine groups is 1. The predicted molar refractivity (Wildman–Crippen MR) is 72.4 cm³/mol. The number of non-ortho nitro benzene ring substituents is 1. The maximum absolute atomic E-state index is 12.2. The van der Waals surface area contributed by atoms with E-state index in [1.807, 2.05) is 0 Å². The molecule has 0 aromatic heterocycles. The molecule has 21 heavy (non-hydrogen) atoms. The zero-order valence-electron chi connectivity index (χ0n) is 10.6. The Bertz CT molecular complexity index is 774. The Kier molecular flexibility index (Phi) is 3.20. The zero-order valence-corrected chi connectivity index (χ0v) is 11.4. The van der Waals surface area contributed by atoms with Gasteiger partial charge in [0.2, 0.25) is 0 Å². The smallest absolute Gasteiger partial charge is 0.258 e. The first-order valence-corrected chi connectivity index (χ1v) is 7.45. The van der Waals surface area contributed by atoms with Crippen LogP contribution in [0.2, 0.25) is 0 Å². The normalized spacial score (nSPS) is 21.0. The Morgan fingerprint density at radius 3 is 2.24 bits per heavy atom. The van der Waals surface area contributed by atoms with Gasteiger partial charge in [-0.15, -0.1) is 0 Å². The highest BCUT2D eigenvalue weighted by Gasteiger charge is 2.48. The summed E-state index contributed by atoms with van der Waals surface area (Å²) in [6, 6.07) is 13.5. The fourth-order valence-corrected chi connectivity index (χ4v) is 3.17. The minimum atomic E-state index is -3.71. The summed E-state index contributed by atoms with van der Waals surface area (Å²) in [5.74, 6) is 0. The van der Waals surface area contributed by atoms with Crippen LogP contribution < -0.4 is 0 Å². The van der Waals surface area contributed by atoms with Crippen LogP contribution in [0.3, 0.4) is 0 Å². The number of rotatable bonds is 4. The van der Waals surface area contributed by atoms with Crippen LogP contribution in [0.5, 0.6) is 0 Å². The molecule has 0 amide bonds. The molecule has 7 nitrogen and oxygen atoms in total. The Morgan fingerprint density at radius 1 is 1.05 bits per heavy atom. The molecule has 3 rings (SSSR count). The first-order valence-electron chi connectivity index (χ1n) is 6.01. The van der Waals surface area contributed by atoms with Gasteiger partial charge in [-0.05, 0) is 28.7 Å². The second kappa shape index (κ2) is 4.92. The van der Waals surface area contributed by atoms with Crippen molar-refractivity contribution in [2.45, 2.75) is 11.1 Å². The van der Waals surface area contributed by atoms with Gasteiger partial charge in [-0.3, -0.25) is 15.0 Å². The van der Waals surface area contributed by atoms with Gasteiger partial charge in [-0.25, -0.2) is 8.42 Å². The average molecular weight is 306 g/mol. The van der Waals surface area contributed by atoms with E-state index in [-0.39, 0.29) is 10.6 Å². The lowest BCUT2D eigenvalue weighted by molar-refractivity contribution is -0.384. The molecule has 1 saturated heterocycles. The maximum atomic E-state index is 12.2. The first-order chi connectivity index (χ1) is 10.00. The Morgan fingerprint density at radius 2 is 1.67 bits per heavy atom. The molecule has 0 aliphatic carbocycles. The minimum absolute atomic E-state index is 0.0585. The fourth-order valence-electron chi connectivity index (χ4n) is 1.89. The van der Waals surface area contributed by atoms with Crippen molar-refractivity contribution < 1.29 is 18.2 Å². The molecule has 0 saturated carbocycles. The third-order valence-electron chi connectivity index (χ3n) is 3.02. The van der Waals surface area contributed by atoms with Crippen LogP contribution in [-0.2, 0) is 14.9 Å². The molecule has 1 unspecified atom stereocenters. The molecular weight excluding hydrogens is 296 g/mol. The van der Waals surface area contributed by atoms with E-state index in [0.717, 1.165) is 4.47 Å². The molecule has 0 bridgehead atoms. The number of hydrogen-bond acceptors (Lipinski definition) is 5. The third-order valence-corrected chi connectivity index (χ3v) is 4.64. The maximum Gasteiger partial charge on any atom is 0.269 e. The summed E-state index contributed by atoms with van der Waals surface area (Å²) in [6.07, 6.45) is -0.740. The first kappa shape index (κ1) is 13.7. The molecule has 0 N–H and O–H groups in total. The lowest BCUT2D eigenvalue weighted by Crippen LogP contribution is -2.12. The van der Waals surface area contributed by atoms with Crippen molar-refractivity contribution in [2.75, 3.05) is 0 Å². The lowest BCUT2D eigenvalue weighted by atomic mass is 10.2. The van der Waals surface area contributed by atoms with Crippen LogP contribution in [0.25, 0.3) is 0 Å². The molecule has 108 valence electrons. The van der Waals surface area contributed by atoms with Gasteiger partial charge in [0.25, 0.3) is 15.7 Å². The van der Waals surface area contributed by atoms with Crippen molar-refractivity contribution >= 4 is 15.7 Å². The molecule has 1 heterocycles. The number of sulfonamides is 1. The summed E-state index contributed by atoms with van der Waals surface area (Å²) in [6.45, 7) is 0. The Balaban J connectivity index is 1.81. The monoisotopic (exact) mass is 306 g/mol. The van der Waals surface area contributed by atoms with Crippen molar-refractivity contribution in [1.29, 1.82) is 0 Å². The van der Waals surface area contributed by atoms with Crippen LogP contribution in [0.4, 0.5) is 5.69 Å². The summed E-state index contributed by atoms with van der Waals surface area (Å²) >= 11 is 0. The van der Waals surface area contributed by atoms with E-state index < -0.39 is 21.2 Å². The Labute approximate surface area is 120 Å². The summed E-state index contributed by atoms with van der Waals surface area (Å²) in [5.41, 5.74) is 0.483. The number of benzene rings is 2. The fraction of sp³-hybridized carbons (Fsp3) is 0.0769. The van der Waals surface area contributed by atoms with Gasteiger partial charge >= 0.3 is 0 Å². The minimum Gasteiger partial charge on any atom is -0.258 e. The van der Waals surface area contributed by atoms with Crippen molar-refractivity contribution in [3.8, 4) is 0 Å². The quantitative estimate of drug-likeness (QED) is 0.490. The van der Waals surface area contributed by atoms with Gasteiger partial charge < -0.3 is 0 Å². The molecule has 1 aliphatic rings. The molecule has 2 atom stereocenters. The van der Waals surface area contributed by atoms with Crippen LogP contribution in [0.15, 0.2) is 59.5 Å². The standard InChI is InChI=1S/C13H10N2O5S/c16-14(17)11-8-6-10(7-9-11)13-15(20-13)21(18,19)12-4-2-1-3-5-12/h1-9,13H/t13-,15?/m1/s1. The van der Waals surface area contributed by atoms with Crippen molar-refractivity contribution in [1.82, 2.24) is 4.47 Å². The molecule has 8 heteroatoms. The topological polar surface area (TPSA) is 92.8 Å². The van der Waals surface area contributed by atoms with Crippen molar-refractivity contribution in [3.05, 3.63) is 70.3 Å². The molecule has 1 aliphatic heterocycles. The highest BCUT2D eigenvalue weighted by atomic mass is 32.2. The van der Waals surface area contributed by atoms with Crippen LogP contribution in [0.1, 0.15) is 11.8 Å². The summed E-state index contributed by atoms with van der Waals surface area (Å²) < 4.78 is 25.4. The van der Waals surface area contributed by atoms with Gasteiger partial charge in [-0.1, -0.05) is 18.2 Å². The highest BCUT2D eigenvalue weighted by molar-refractivity contribution is 7.89. The van der Waals surface area contributed by atoms with E-state index in [2.05, 4.69) is 0 Å². The van der Waals surface area contributed by atoms with E-state index in [4.69, 9.17) is 4.84 Å². The van der Waals surface area contributed by atoms with Crippen LogP contribution in [-0.4, -0.2) is 17.8 Å². The van der Waals surface area contributed by atoms with Crippen molar-refractivity contribution in [3.63, 3.8) is 0 Å². The van der Waals surface area contributed by atoms with E-state index in [0.29, 0.717) is 5.56 Å². The second-order valence-electron chi connectivity index (χ2n) is 4.38. The van der Waals surface area contributed by atoms with Gasteiger partial charge in [0.05, 0.1) is 9.82 Å². The molecular formula is C13H10N2O5S. The van der Waals surface area contributed by atoms with E-state index in [1.165, 1.54) is 36.4 Å². The zero-order chi connectivity index (χ0) is 15.0. The van der Waals surface area contributed by atoms with E-state index in [1.54, 1.807) is 18.2 Å². The molecule has 1 fully saturated rings. The van der Waals surface area contributed by atoms with Crippen molar-refractivity contribution in [2.24, 2.45) is 0 Å². The summed E-state index contributed by atoms with van der Waals surface area (Å²) in [5, 5.41) is 10.6. The Hall–Kier alpha value is -2.29. The molecule has 2 aromatic carbocycles. The molecule has 0 spiro atoms. The summed E-state index contributed by atoms with van der Waals surface area (Å²) in [7, 11) is -3.71. The van der Waals surface area contributed by atoms with Gasteiger partial charge in [0.1, 0.15) is 0 Å². The van der Waals surface area contributed by atoms with E-state index >= 15 is 0 Å². The molecule has 0 radical (unpaired) electrons. The molecule has 2 aromatic rings. The number of nitro groups is 1. The average Bonchev–Trinajstić information content (AvgIpc) is 3.29. The second-order valence-corrected chi connectivity index (χ2v) is 6.16.